The summed E-state index contributed by atoms with van der Waals surface area (Å²) < 4.78 is 4.84. The Hall–Kier alpha value is -2.18. The van der Waals surface area contributed by atoms with Crippen LogP contribution in [0.3, 0.4) is 0 Å². The summed E-state index contributed by atoms with van der Waals surface area (Å²) in [5.41, 5.74) is 1.56. The number of carbonyl (C=O) groups is 2. The topological polar surface area (TPSA) is 93.2 Å². The van der Waals surface area contributed by atoms with Gasteiger partial charge in [-0.2, -0.15) is 0 Å². The number of unbranched alkanes of at least 4 members (excludes halogenated alkanes) is 2. The zero-order chi connectivity index (χ0) is 16.2. The predicted molar refractivity (Wildman–Crippen MR) is 82.1 cm³/mol. The van der Waals surface area contributed by atoms with Crippen molar-refractivity contribution in [2.24, 2.45) is 0 Å². The normalized spacial score (nSPS) is 10.1. The lowest BCUT2D eigenvalue weighted by molar-refractivity contribution is -0.143. The predicted octanol–water partition coefficient (Wildman–Crippen LogP) is 1.71. The van der Waals surface area contributed by atoms with Gasteiger partial charge in [-0.1, -0.05) is 6.42 Å². The van der Waals surface area contributed by atoms with E-state index in [0.29, 0.717) is 26.1 Å². The van der Waals surface area contributed by atoms with Crippen molar-refractivity contribution in [3.8, 4) is 0 Å². The molecule has 0 aromatic carbocycles. The highest BCUT2D eigenvalue weighted by molar-refractivity contribution is 5.73. The van der Waals surface area contributed by atoms with E-state index in [-0.39, 0.29) is 12.0 Å². The fourth-order valence-electron chi connectivity index (χ4n) is 1.75. The third-order valence-corrected chi connectivity index (χ3v) is 2.91. The zero-order valence-corrected chi connectivity index (χ0v) is 13.2. The van der Waals surface area contributed by atoms with Crippen LogP contribution in [0.4, 0.5) is 4.79 Å². The maximum absolute atomic E-state index is 11.6. The SMILES string of the molecule is CCOC(=O)CCCCCNC(=O)NCc1cnc(C)cn1. The van der Waals surface area contributed by atoms with Gasteiger partial charge in [0.05, 0.1) is 30.7 Å². The van der Waals surface area contributed by atoms with Crippen molar-refractivity contribution >= 4 is 12.0 Å². The van der Waals surface area contributed by atoms with Gasteiger partial charge < -0.3 is 15.4 Å². The lowest BCUT2D eigenvalue weighted by atomic mass is 10.2. The van der Waals surface area contributed by atoms with E-state index in [1.165, 1.54) is 0 Å². The summed E-state index contributed by atoms with van der Waals surface area (Å²) in [6.45, 7) is 5.00. The van der Waals surface area contributed by atoms with E-state index >= 15 is 0 Å². The Balaban J connectivity index is 2.01. The smallest absolute Gasteiger partial charge is 0.315 e. The molecule has 1 aromatic heterocycles. The first kappa shape index (κ1) is 17.9. The summed E-state index contributed by atoms with van der Waals surface area (Å²) in [4.78, 5) is 30.9. The van der Waals surface area contributed by atoms with Crippen LogP contribution in [-0.4, -0.2) is 35.1 Å². The number of nitrogens with one attached hydrogen (secondary N) is 2. The Morgan fingerprint density at radius 2 is 1.95 bits per heavy atom. The maximum atomic E-state index is 11.6. The van der Waals surface area contributed by atoms with Crippen LogP contribution in [0, 0.1) is 6.92 Å². The summed E-state index contributed by atoms with van der Waals surface area (Å²) in [6.07, 6.45) is 6.23. The maximum Gasteiger partial charge on any atom is 0.315 e. The number of urea groups is 1. The Kier molecular flexibility index (Phi) is 8.56. The average Bonchev–Trinajstić information content (AvgIpc) is 2.50. The molecule has 22 heavy (non-hydrogen) atoms. The largest absolute Gasteiger partial charge is 0.466 e. The van der Waals surface area contributed by atoms with Crippen LogP contribution in [0.25, 0.3) is 0 Å². The molecule has 2 amide bonds. The third-order valence-electron chi connectivity index (χ3n) is 2.91. The van der Waals surface area contributed by atoms with Crippen molar-refractivity contribution in [3.63, 3.8) is 0 Å². The Bertz CT molecular complexity index is 462. The number of hydrogen-bond acceptors (Lipinski definition) is 5. The molecular weight excluding hydrogens is 284 g/mol. The van der Waals surface area contributed by atoms with E-state index in [1.54, 1.807) is 19.3 Å². The number of rotatable bonds is 9. The average molecular weight is 308 g/mol. The molecule has 0 spiro atoms. The van der Waals surface area contributed by atoms with Gasteiger partial charge >= 0.3 is 12.0 Å². The van der Waals surface area contributed by atoms with E-state index < -0.39 is 0 Å². The number of amides is 2. The summed E-state index contributed by atoms with van der Waals surface area (Å²) in [5.74, 6) is -0.160. The molecule has 0 radical (unpaired) electrons. The Morgan fingerprint density at radius 3 is 2.64 bits per heavy atom. The number of hydrogen-bond donors (Lipinski definition) is 2. The molecular formula is C15H24N4O3. The van der Waals surface area contributed by atoms with Gasteiger partial charge in [0, 0.05) is 19.2 Å². The van der Waals surface area contributed by atoms with Gasteiger partial charge in [-0.15, -0.1) is 0 Å². The van der Waals surface area contributed by atoms with Crippen molar-refractivity contribution in [1.82, 2.24) is 20.6 Å². The lowest BCUT2D eigenvalue weighted by Crippen LogP contribution is -2.35. The first-order valence-corrected chi connectivity index (χ1v) is 7.56. The number of esters is 1. The van der Waals surface area contributed by atoms with Gasteiger partial charge in [-0.25, -0.2) is 4.79 Å². The van der Waals surface area contributed by atoms with Crippen molar-refractivity contribution < 1.29 is 14.3 Å². The number of ether oxygens (including phenoxy) is 1. The van der Waals surface area contributed by atoms with Crippen LogP contribution >= 0.6 is 0 Å². The van der Waals surface area contributed by atoms with Crippen molar-refractivity contribution in [2.75, 3.05) is 13.2 Å². The summed E-state index contributed by atoms with van der Waals surface area (Å²) in [6, 6.07) is -0.229. The molecule has 0 bridgehead atoms. The van der Waals surface area contributed by atoms with Crippen LogP contribution in [0.1, 0.15) is 44.0 Å². The Labute approximate surface area is 130 Å². The van der Waals surface area contributed by atoms with Gasteiger partial charge in [-0.05, 0) is 26.7 Å². The minimum absolute atomic E-state index is 0.160. The second-order valence-electron chi connectivity index (χ2n) is 4.87. The van der Waals surface area contributed by atoms with Gasteiger partial charge in [0.25, 0.3) is 0 Å². The lowest BCUT2D eigenvalue weighted by Gasteiger charge is -2.07. The van der Waals surface area contributed by atoms with Crippen molar-refractivity contribution in [1.29, 1.82) is 0 Å². The van der Waals surface area contributed by atoms with E-state index in [9.17, 15) is 9.59 Å². The fourth-order valence-corrected chi connectivity index (χ4v) is 1.75. The van der Waals surface area contributed by atoms with Crippen LogP contribution in [-0.2, 0) is 16.1 Å². The third kappa shape index (κ3) is 8.18. The fraction of sp³-hybridized carbons (Fsp3) is 0.600. The molecule has 0 unspecified atom stereocenters. The van der Waals surface area contributed by atoms with E-state index in [4.69, 9.17) is 4.74 Å². The van der Waals surface area contributed by atoms with E-state index in [0.717, 1.165) is 30.7 Å². The highest BCUT2D eigenvalue weighted by Gasteiger charge is 2.03. The van der Waals surface area contributed by atoms with Gasteiger partial charge in [0.2, 0.25) is 0 Å². The second kappa shape index (κ2) is 10.5. The highest BCUT2D eigenvalue weighted by Crippen LogP contribution is 2.00. The zero-order valence-electron chi connectivity index (χ0n) is 13.2. The molecule has 0 aliphatic heterocycles. The number of carbonyl (C=O) groups excluding carboxylic acids is 2. The van der Waals surface area contributed by atoms with Gasteiger partial charge in [0.15, 0.2) is 0 Å². The molecule has 122 valence electrons. The standard InChI is InChI=1S/C15H24N4O3/c1-3-22-14(20)7-5-4-6-8-16-15(21)19-11-13-10-17-12(2)9-18-13/h9-10H,3-8,11H2,1-2H3,(H2,16,19,21). The molecule has 0 atom stereocenters. The van der Waals surface area contributed by atoms with Crippen molar-refractivity contribution in [3.05, 3.63) is 23.8 Å². The van der Waals surface area contributed by atoms with Crippen LogP contribution in [0.2, 0.25) is 0 Å². The number of nitrogens with zero attached hydrogens (tertiary/aromatic N) is 2. The molecule has 7 heteroatoms. The molecule has 0 fully saturated rings. The molecule has 0 saturated heterocycles. The van der Waals surface area contributed by atoms with E-state index in [2.05, 4.69) is 20.6 Å². The first-order valence-electron chi connectivity index (χ1n) is 7.56. The summed E-state index contributed by atoms with van der Waals surface area (Å²) in [5, 5.41) is 5.48. The molecule has 2 N–H and O–H groups in total. The Morgan fingerprint density at radius 1 is 1.14 bits per heavy atom. The molecule has 1 rings (SSSR count). The molecule has 1 aromatic rings. The van der Waals surface area contributed by atoms with Gasteiger partial charge in [-0.3, -0.25) is 14.8 Å². The molecule has 0 saturated carbocycles. The minimum atomic E-state index is -0.229. The van der Waals surface area contributed by atoms with Crippen LogP contribution in [0.15, 0.2) is 12.4 Å². The second-order valence-corrected chi connectivity index (χ2v) is 4.87. The quantitative estimate of drug-likeness (QED) is 0.535. The number of aryl methyl sites for hydroxylation is 1. The number of aromatic nitrogens is 2. The summed E-state index contributed by atoms with van der Waals surface area (Å²) in [7, 11) is 0. The molecule has 0 aliphatic rings. The van der Waals surface area contributed by atoms with Crippen molar-refractivity contribution in [2.45, 2.75) is 46.1 Å². The van der Waals surface area contributed by atoms with Crippen LogP contribution < -0.4 is 10.6 Å². The van der Waals surface area contributed by atoms with Crippen LogP contribution in [0.5, 0.6) is 0 Å². The first-order chi connectivity index (χ1) is 10.6. The molecule has 1 heterocycles. The summed E-state index contributed by atoms with van der Waals surface area (Å²) >= 11 is 0. The minimum Gasteiger partial charge on any atom is -0.466 e. The monoisotopic (exact) mass is 308 g/mol. The highest BCUT2D eigenvalue weighted by atomic mass is 16.5. The molecule has 7 nitrogen and oxygen atoms in total. The van der Waals surface area contributed by atoms with E-state index in [1.807, 2.05) is 6.92 Å². The van der Waals surface area contributed by atoms with Gasteiger partial charge in [0.1, 0.15) is 0 Å². The molecule has 0 aliphatic carbocycles.